The van der Waals surface area contributed by atoms with Crippen LogP contribution in [-0.4, -0.2) is 63.7 Å². The minimum Gasteiger partial charge on any atom is -0.467 e. The Morgan fingerprint density at radius 1 is 0.973 bits per heavy atom. The maximum atomic E-state index is 12.2. The van der Waals surface area contributed by atoms with Gasteiger partial charge in [-0.2, -0.15) is 4.98 Å². The summed E-state index contributed by atoms with van der Waals surface area (Å²) in [6.45, 7) is 4.00. The Kier molecular flexibility index (Phi) is 7.13. The summed E-state index contributed by atoms with van der Waals surface area (Å²) in [5, 5.41) is 9.66. The van der Waals surface area contributed by atoms with Gasteiger partial charge in [0.05, 0.1) is 7.11 Å². The molecule has 1 aliphatic heterocycles. The first-order valence-electron chi connectivity index (χ1n) is 11.9. The lowest BCUT2D eigenvalue weighted by Gasteiger charge is -2.36. The third-order valence-corrected chi connectivity index (χ3v) is 5.86. The zero-order valence-corrected chi connectivity index (χ0v) is 20.5. The van der Waals surface area contributed by atoms with Gasteiger partial charge >= 0.3 is 5.97 Å². The summed E-state index contributed by atoms with van der Waals surface area (Å²) in [4.78, 5) is 36.5. The predicted molar refractivity (Wildman–Crippen MR) is 141 cm³/mol. The van der Waals surface area contributed by atoms with E-state index in [0.717, 1.165) is 23.6 Å². The molecule has 3 aromatic heterocycles. The van der Waals surface area contributed by atoms with Crippen LogP contribution in [0.3, 0.4) is 0 Å². The molecule has 0 radical (unpaired) electrons. The standard InChI is InChI=1S/C26H27N9O2/c1-17-4-3-5-20(30-17)24-28-12-10-22(33-24)32-23-11-13-29-26(34-23)31-18-6-8-19(9-7-18)35-15-14-27-16-21(35)25(36)37-2/h3-13,21,27H,14-16H2,1-2H3,(H2,28,29,31,32,33,34). The first-order chi connectivity index (χ1) is 18.1. The van der Waals surface area contributed by atoms with E-state index >= 15 is 0 Å². The zero-order chi connectivity index (χ0) is 25.6. The minimum absolute atomic E-state index is 0.252. The molecule has 0 aliphatic carbocycles. The molecule has 4 heterocycles. The van der Waals surface area contributed by atoms with Gasteiger partial charge in [-0.15, -0.1) is 0 Å². The molecule has 3 N–H and O–H groups in total. The van der Waals surface area contributed by atoms with Crippen molar-refractivity contribution in [3.63, 3.8) is 0 Å². The number of benzene rings is 1. The molecular formula is C26H27N9O2. The minimum atomic E-state index is -0.354. The highest BCUT2D eigenvalue weighted by molar-refractivity contribution is 5.81. The van der Waals surface area contributed by atoms with Crippen LogP contribution in [0.5, 0.6) is 0 Å². The first kappa shape index (κ1) is 24.1. The number of nitrogens with zero attached hydrogens (tertiary/aromatic N) is 6. The number of ether oxygens (including phenoxy) is 1. The van der Waals surface area contributed by atoms with Crippen LogP contribution in [0.2, 0.25) is 0 Å². The van der Waals surface area contributed by atoms with E-state index in [4.69, 9.17) is 4.74 Å². The monoisotopic (exact) mass is 497 g/mol. The number of hydrogen-bond donors (Lipinski definition) is 3. The molecule has 0 spiro atoms. The summed E-state index contributed by atoms with van der Waals surface area (Å²) in [7, 11) is 1.41. The van der Waals surface area contributed by atoms with Gasteiger partial charge in [0.15, 0.2) is 5.82 Å². The SMILES string of the molecule is COC(=O)C1CNCCN1c1ccc(Nc2nccc(Nc3ccnc(-c4cccc(C)n4)n3)n2)cc1. The molecule has 11 heteroatoms. The number of rotatable bonds is 7. The van der Waals surface area contributed by atoms with Gasteiger partial charge in [0.2, 0.25) is 5.95 Å². The topological polar surface area (TPSA) is 130 Å². The van der Waals surface area contributed by atoms with Crippen LogP contribution in [-0.2, 0) is 9.53 Å². The average molecular weight is 498 g/mol. The fraction of sp³-hybridized carbons (Fsp3) is 0.231. The number of anilines is 5. The van der Waals surface area contributed by atoms with E-state index < -0.39 is 0 Å². The zero-order valence-electron chi connectivity index (χ0n) is 20.5. The lowest BCUT2D eigenvalue weighted by atomic mass is 10.1. The lowest BCUT2D eigenvalue weighted by molar-refractivity contribution is -0.142. The number of pyridine rings is 1. The van der Waals surface area contributed by atoms with Crippen molar-refractivity contribution < 1.29 is 9.53 Å². The van der Waals surface area contributed by atoms with E-state index in [9.17, 15) is 4.79 Å². The Morgan fingerprint density at radius 2 is 1.76 bits per heavy atom. The number of carbonyl (C=O) groups excluding carboxylic acids is 1. The highest BCUT2D eigenvalue weighted by atomic mass is 16.5. The van der Waals surface area contributed by atoms with Crippen molar-refractivity contribution >= 4 is 34.9 Å². The molecule has 1 atom stereocenters. The molecule has 0 bridgehead atoms. The average Bonchev–Trinajstić information content (AvgIpc) is 2.93. The second-order valence-corrected chi connectivity index (χ2v) is 8.43. The summed E-state index contributed by atoms with van der Waals surface area (Å²) >= 11 is 0. The maximum absolute atomic E-state index is 12.2. The van der Waals surface area contributed by atoms with Crippen molar-refractivity contribution in [2.24, 2.45) is 0 Å². The van der Waals surface area contributed by atoms with Crippen LogP contribution in [0.1, 0.15) is 5.69 Å². The molecule has 1 unspecified atom stereocenters. The van der Waals surface area contributed by atoms with Gasteiger partial charge in [-0.25, -0.2) is 24.7 Å². The predicted octanol–water partition coefficient (Wildman–Crippen LogP) is 3.08. The van der Waals surface area contributed by atoms with E-state index in [1.165, 1.54) is 7.11 Å². The number of aromatic nitrogens is 5. The van der Waals surface area contributed by atoms with Crippen LogP contribution in [0.15, 0.2) is 67.0 Å². The molecule has 4 aromatic rings. The Balaban J connectivity index is 1.27. The number of piperazine rings is 1. The van der Waals surface area contributed by atoms with Gasteiger partial charge in [-0.05, 0) is 55.5 Å². The smallest absolute Gasteiger partial charge is 0.329 e. The van der Waals surface area contributed by atoms with Crippen molar-refractivity contribution in [3.8, 4) is 11.5 Å². The van der Waals surface area contributed by atoms with Gasteiger partial charge in [0.25, 0.3) is 0 Å². The normalized spacial score (nSPS) is 15.2. The van der Waals surface area contributed by atoms with E-state index in [2.05, 4.69) is 45.8 Å². The fourth-order valence-electron chi connectivity index (χ4n) is 4.06. The summed E-state index contributed by atoms with van der Waals surface area (Å²) < 4.78 is 4.97. The third-order valence-electron chi connectivity index (χ3n) is 5.86. The van der Waals surface area contributed by atoms with E-state index in [-0.39, 0.29) is 12.0 Å². The Morgan fingerprint density at radius 3 is 2.54 bits per heavy atom. The molecule has 1 fully saturated rings. The molecule has 1 saturated heterocycles. The highest BCUT2D eigenvalue weighted by Crippen LogP contribution is 2.24. The van der Waals surface area contributed by atoms with Crippen LogP contribution in [0.25, 0.3) is 11.5 Å². The van der Waals surface area contributed by atoms with Gasteiger partial charge in [-0.1, -0.05) is 6.07 Å². The van der Waals surface area contributed by atoms with Crippen LogP contribution >= 0.6 is 0 Å². The number of hydrogen-bond acceptors (Lipinski definition) is 11. The molecule has 37 heavy (non-hydrogen) atoms. The summed E-state index contributed by atoms with van der Waals surface area (Å²) in [6.07, 6.45) is 3.34. The van der Waals surface area contributed by atoms with Crippen molar-refractivity contribution in [1.29, 1.82) is 0 Å². The van der Waals surface area contributed by atoms with Crippen LogP contribution in [0, 0.1) is 6.92 Å². The number of nitrogens with one attached hydrogen (secondary N) is 3. The lowest BCUT2D eigenvalue weighted by Crippen LogP contribution is -2.55. The van der Waals surface area contributed by atoms with E-state index in [1.807, 2.05) is 49.4 Å². The molecule has 11 nitrogen and oxygen atoms in total. The largest absolute Gasteiger partial charge is 0.467 e. The number of carbonyl (C=O) groups is 1. The third kappa shape index (κ3) is 5.78. The Bertz CT molecular complexity index is 1380. The molecular weight excluding hydrogens is 470 g/mol. The van der Waals surface area contributed by atoms with Crippen LogP contribution < -0.4 is 20.9 Å². The van der Waals surface area contributed by atoms with E-state index in [1.54, 1.807) is 24.5 Å². The second kappa shape index (κ2) is 11.0. The highest BCUT2D eigenvalue weighted by Gasteiger charge is 2.29. The number of aryl methyl sites for hydroxylation is 1. The molecule has 1 aliphatic rings. The van der Waals surface area contributed by atoms with Crippen molar-refractivity contribution in [3.05, 3.63) is 72.7 Å². The molecule has 5 rings (SSSR count). The molecule has 0 saturated carbocycles. The first-order valence-corrected chi connectivity index (χ1v) is 11.9. The van der Waals surface area contributed by atoms with Gasteiger partial charge in [-0.3, -0.25) is 0 Å². The molecule has 0 amide bonds. The number of esters is 1. The fourth-order valence-corrected chi connectivity index (χ4v) is 4.06. The van der Waals surface area contributed by atoms with Crippen molar-refractivity contribution in [2.75, 3.05) is 42.3 Å². The van der Waals surface area contributed by atoms with Gasteiger partial charge in [0, 0.05) is 49.1 Å². The number of methoxy groups -OCH3 is 1. The molecule has 188 valence electrons. The molecule has 1 aromatic carbocycles. The van der Waals surface area contributed by atoms with Crippen LogP contribution in [0.4, 0.5) is 29.0 Å². The second-order valence-electron chi connectivity index (χ2n) is 8.43. The summed E-state index contributed by atoms with van der Waals surface area (Å²) in [5.74, 6) is 1.89. The van der Waals surface area contributed by atoms with E-state index in [0.29, 0.717) is 42.2 Å². The van der Waals surface area contributed by atoms with Crippen molar-refractivity contribution in [1.82, 2.24) is 30.2 Å². The quantitative estimate of drug-likeness (QED) is 0.326. The van der Waals surface area contributed by atoms with Crippen molar-refractivity contribution in [2.45, 2.75) is 13.0 Å². The Labute approximate surface area is 214 Å². The summed E-state index contributed by atoms with van der Waals surface area (Å²) in [6, 6.07) is 16.7. The summed E-state index contributed by atoms with van der Waals surface area (Å²) in [5.41, 5.74) is 3.37. The van der Waals surface area contributed by atoms with Gasteiger partial charge < -0.3 is 25.6 Å². The Hall–Kier alpha value is -4.64. The van der Waals surface area contributed by atoms with Gasteiger partial charge in [0.1, 0.15) is 23.4 Å². The maximum Gasteiger partial charge on any atom is 0.329 e.